The molecule has 6 heteroatoms. The Hall–Kier alpha value is -3.72. The van der Waals surface area contributed by atoms with Gasteiger partial charge in [0.15, 0.2) is 6.61 Å². The van der Waals surface area contributed by atoms with Gasteiger partial charge in [-0.15, -0.1) is 0 Å². The van der Waals surface area contributed by atoms with Gasteiger partial charge in [0.1, 0.15) is 0 Å². The number of aryl methyl sites for hydroxylation is 1. The van der Waals surface area contributed by atoms with E-state index in [4.69, 9.17) is 15.0 Å². The quantitative estimate of drug-likeness (QED) is 0.572. The number of nitrogens with one attached hydrogen (secondary N) is 1. The average Bonchev–Trinajstić information content (AvgIpc) is 2.80. The van der Waals surface area contributed by atoms with Gasteiger partial charge in [-0.1, -0.05) is 45.0 Å². The summed E-state index contributed by atoms with van der Waals surface area (Å²) in [6.07, 6.45) is 2.60. The Morgan fingerprint density at radius 3 is 2.73 bits per heavy atom. The molecule has 0 unspecified atom stereocenters. The van der Waals surface area contributed by atoms with E-state index in [1.54, 1.807) is 24.3 Å². The highest BCUT2D eigenvalue weighted by atomic mass is 16.5. The summed E-state index contributed by atoms with van der Waals surface area (Å²) in [5.41, 5.74) is 4.19. The molecule has 2 aromatic carbocycles. The molecule has 0 radical (unpaired) electrons. The lowest BCUT2D eigenvalue weighted by Crippen LogP contribution is -2.29. The maximum atomic E-state index is 13.3. The molecular weight excluding hydrogens is 414 g/mol. The standard InChI is InChI=1S/C27H27N3O3/c1-27(2,3)18-11-12-23-21(14-18)25(20-9-4-5-10-22(20)30-23)26(32)33-16-24(31)29-19-8-6-7-17(13-19)15-28/h4-10,13,18H,11-12,14,16H2,1-3H3,(H,29,31)/t18-/m0/s1. The van der Waals surface area contributed by atoms with Crippen LogP contribution in [0.4, 0.5) is 5.69 Å². The van der Waals surface area contributed by atoms with E-state index in [1.165, 1.54) is 0 Å². The Labute approximate surface area is 193 Å². The van der Waals surface area contributed by atoms with Crippen LogP contribution in [0, 0.1) is 22.7 Å². The second-order valence-corrected chi connectivity index (χ2v) is 9.55. The van der Waals surface area contributed by atoms with Gasteiger partial charge in [-0.25, -0.2) is 4.79 Å². The van der Waals surface area contributed by atoms with Gasteiger partial charge in [0.05, 0.1) is 22.7 Å². The average molecular weight is 442 g/mol. The molecule has 1 atom stereocenters. The number of fused-ring (bicyclic) bond motifs is 2. The van der Waals surface area contributed by atoms with E-state index in [9.17, 15) is 9.59 Å². The Kier molecular flexibility index (Phi) is 6.15. The van der Waals surface area contributed by atoms with Crippen LogP contribution >= 0.6 is 0 Å². The van der Waals surface area contributed by atoms with Crippen molar-refractivity contribution in [2.24, 2.45) is 11.3 Å². The van der Waals surface area contributed by atoms with Crippen molar-refractivity contribution in [1.82, 2.24) is 4.98 Å². The molecule has 0 fully saturated rings. The molecule has 1 amide bonds. The maximum absolute atomic E-state index is 13.3. The number of hydrogen-bond acceptors (Lipinski definition) is 5. The number of pyridine rings is 1. The summed E-state index contributed by atoms with van der Waals surface area (Å²) in [6.45, 7) is 6.26. The zero-order valence-electron chi connectivity index (χ0n) is 19.1. The molecule has 0 spiro atoms. The van der Waals surface area contributed by atoms with Crippen LogP contribution < -0.4 is 5.32 Å². The lowest BCUT2D eigenvalue weighted by molar-refractivity contribution is -0.119. The predicted octanol–water partition coefficient (Wildman–Crippen LogP) is 5.05. The normalized spacial score (nSPS) is 15.4. The molecule has 1 aliphatic carbocycles. The van der Waals surface area contributed by atoms with Gasteiger partial charge in [0.2, 0.25) is 0 Å². The Morgan fingerprint density at radius 2 is 1.97 bits per heavy atom. The van der Waals surface area contributed by atoms with E-state index in [0.29, 0.717) is 22.7 Å². The lowest BCUT2D eigenvalue weighted by Gasteiger charge is -2.35. The number of benzene rings is 2. The van der Waals surface area contributed by atoms with Crippen LogP contribution in [0.3, 0.4) is 0 Å². The van der Waals surface area contributed by atoms with Gasteiger partial charge in [-0.2, -0.15) is 5.26 Å². The molecular formula is C27H27N3O3. The van der Waals surface area contributed by atoms with E-state index in [1.807, 2.05) is 30.3 Å². The molecule has 3 aromatic rings. The summed E-state index contributed by atoms with van der Waals surface area (Å²) in [6, 6.07) is 16.2. The highest BCUT2D eigenvalue weighted by Gasteiger charge is 2.33. The highest BCUT2D eigenvalue weighted by molar-refractivity contribution is 6.06. The third kappa shape index (κ3) is 4.88. The number of para-hydroxylation sites is 1. The number of hydrogen-bond donors (Lipinski definition) is 1. The van der Waals surface area contributed by atoms with Crippen LogP contribution in [0.2, 0.25) is 0 Å². The number of amides is 1. The van der Waals surface area contributed by atoms with Gasteiger partial charge in [-0.05, 0) is 60.4 Å². The number of aromatic nitrogens is 1. The minimum absolute atomic E-state index is 0.113. The zero-order valence-corrected chi connectivity index (χ0v) is 19.1. The van der Waals surface area contributed by atoms with E-state index in [-0.39, 0.29) is 5.41 Å². The molecule has 168 valence electrons. The van der Waals surface area contributed by atoms with Crippen molar-refractivity contribution in [3.63, 3.8) is 0 Å². The monoisotopic (exact) mass is 441 g/mol. The van der Waals surface area contributed by atoms with Crippen LogP contribution in [0.25, 0.3) is 10.9 Å². The summed E-state index contributed by atoms with van der Waals surface area (Å²) < 4.78 is 5.47. The number of nitrogens with zero attached hydrogens (tertiary/aromatic N) is 2. The first-order valence-corrected chi connectivity index (χ1v) is 11.1. The van der Waals surface area contributed by atoms with E-state index < -0.39 is 18.5 Å². The molecule has 33 heavy (non-hydrogen) atoms. The fourth-order valence-electron chi connectivity index (χ4n) is 4.43. The van der Waals surface area contributed by atoms with Crippen molar-refractivity contribution in [3.05, 3.63) is 70.9 Å². The van der Waals surface area contributed by atoms with Gasteiger partial charge in [0.25, 0.3) is 5.91 Å². The summed E-state index contributed by atoms with van der Waals surface area (Å²) in [5.74, 6) is -0.547. The molecule has 1 aliphatic rings. The third-order valence-electron chi connectivity index (χ3n) is 6.30. The first-order chi connectivity index (χ1) is 15.8. The summed E-state index contributed by atoms with van der Waals surface area (Å²) in [7, 11) is 0. The molecule has 0 saturated heterocycles. The van der Waals surface area contributed by atoms with Gasteiger partial charge in [-0.3, -0.25) is 9.78 Å². The molecule has 0 bridgehead atoms. The minimum atomic E-state index is -0.514. The second kappa shape index (κ2) is 9.03. The van der Waals surface area contributed by atoms with Crippen LogP contribution in [-0.4, -0.2) is 23.5 Å². The molecule has 0 saturated carbocycles. The van der Waals surface area contributed by atoms with Crippen LogP contribution in [0.15, 0.2) is 48.5 Å². The van der Waals surface area contributed by atoms with Crippen LogP contribution in [0.1, 0.15) is 54.4 Å². The third-order valence-corrected chi connectivity index (χ3v) is 6.30. The summed E-state index contributed by atoms with van der Waals surface area (Å²) >= 11 is 0. The first kappa shape index (κ1) is 22.5. The fraction of sp³-hybridized carbons (Fsp3) is 0.333. The van der Waals surface area contributed by atoms with Crippen molar-refractivity contribution in [3.8, 4) is 6.07 Å². The number of anilines is 1. The summed E-state index contributed by atoms with van der Waals surface area (Å²) in [5, 5.41) is 12.4. The van der Waals surface area contributed by atoms with Crippen molar-refractivity contribution in [2.45, 2.75) is 40.0 Å². The number of rotatable bonds is 4. The smallest absolute Gasteiger partial charge is 0.339 e. The van der Waals surface area contributed by atoms with E-state index >= 15 is 0 Å². The Balaban J connectivity index is 1.58. The number of carbonyl (C=O) groups excluding carboxylic acids is 2. The molecule has 1 heterocycles. The largest absolute Gasteiger partial charge is 0.452 e. The number of nitriles is 1. The van der Waals surface area contributed by atoms with Gasteiger partial charge in [0, 0.05) is 16.8 Å². The predicted molar refractivity (Wildman–Crippen MR) is 127 cm³/mol. The number of ether oxygens (including phenoxy) is 1. The fourth-order valence-corrected chi connectivity index (χ4v) is 4.43. The van der Waals surface area contributed by atoms with Gasteiger partial charge < -0.3 is 10.1 Å². The van der Waals surface area contributed by atoms with Crippen molar-refractivity contribution in [1.29, 1.82) is 5.26 Å². The first-order valence-electron chi connectivity index (χ1n) is 11.1. The number of carbonyl (C=O) groups is 2. The minimum Gasteiger partial charge on any atom is -0.452 e. The highest BCUT2D eigenvalue weighted by Crippen LogP contribution is 2.39. The van der Waals surface area contributed by atoms with Crippen molar-refractivity contribution in [2.75, 3.05) is 11.9 Å². The molecule has 0 aliphatic heterocycles. The van der Waals surface area contributed by atoms with Crippen molar-refractivity contribution < 1.29 is 14.3 Å². The molecule has 6 nitrogen and oxygen atoms in total. The van der Waals surface area contributed by atoms with Crippen molar-refractivity contribution >= 4 is 28.5 Å². The Morgan fingerprint density at radius 1 is 1.18 bits per heavy atom. The summed E-state index contributed by atoms with van der Waals surface area (Å²) in [4.78, 5) is 30.5. The second-order valence-electron chi connectivity index (χ2n) is 9.55. The molecule has 4 rings (SSSR count). The van der Waals surface area contributed by atoms with E-state index in [0.717, 1.165) is 41.4 Å². The topological polar surface area (TPSA) is 92.1 Å². The Bertz CT molecular complexity index is 1270. The maximum Gasteiger partial charge on any atom is 0.339 e. The zero-order chi connectivity index (χ0) is 23.6. The van der Waals surface area contributed by atoms with Crippen LogP contribution in [-0.2, 0) is 22.4 Å². The molecule has 1 aromatic heterocycles. The van der Waals surface area contributed by atoms with Crippen LogP contribution in [0.5, 0.6) is 0 Å². The van der Waals surface area contributed by atoms with E-state index in [2.05, 4.69) is 26.1 Å². The van der Waals surface area contributed by atoms with Gasteiger partial charge >= 0.3 is 5.97 Å². The lowest BCUT2D eigenvalue weighted by atomic mass is 9.70. The molecule has 1 N–H and O–H groups in total. The SMILES string of the molecule is CC(C)(C)[C@H]1CCc2nc3ccccc3c(C(=O)OCC(=O)Nc3cccc(C#N)c3)c2C1. The number of esters is 1.